The van der Waals surface area contributed by atoms with Crippen molar-refractivity contribution in [2.45, 2.75) is 55.9 Å². The van der Waals surface area contributed by atoms with Gasteiger partial charge in [-0.1, -0.05) is 6.42 Å². The van der Waals surface area contributed by atoms with E-state index in [1.807, 2.05) is 11.8 Å². The highest BCUT2D eigenvalue weighted by atomic mass is 32.2. The molecule has 2 heterocycles. The minimum Gasteiger partial charge on any atom is -0.394 e. The number of carbonyl (C=O) groups excluding carboxylic acids is 2. The van der Waals surface area contributed by atoms with E-state index in [2.05, 4.69) is 10.6 Å². The first kappa shape index (κ1) is 29.3. The van der Waals surface area contributed by atoms with Crippen LogP contribution in [0.2, 0.25) is 0 Å². The Hall–Kier alpha value is -0.950. The molecule has 2 aliphatic rings. The van der Waals surface area contributed by atoms with E-state index in [0.717, 1.165) is 31.4 Å². The van der Waals surface area contributed by atoms with E-state index in [1.54, 1.807) is 0 Å². The molecule has 0 aromatic rings. The Labute approximate surface area is 207 Å². The van der Waals surface area contributed by atoms with Crippen LogP contribution in [0.15, 0.2) is 0 Å². The molecule has 0 aromatic carbocycles. The average molecular weight is 507 g/mol. The van der Waals surface area contributed by atoms with Crippen LogP contribution in [0.5, 0.6) is 0 Å². The maximum atomic E-state index is 12.0. The molecule has 0 saturated carbocycles. The molecule has 0 aliphatic carbocycles. The molecule has 0 unspecified atom stereocenters. The third-order valence-electron chi connectivity index (χ3n) is 5.60. The summed E-state index contributed by atoms with van der Waals surface area (Å²) in [5, 5.41) is 15.0. The standard InChI is InChI=1S/C23H42N2O8S/c26-7-9-30-11-13-32-15-17-33-16-14-31-12-10-29-8-3-5-19(27)4-1-2-6-21-22-20(18-34-21)24-23(28)25-22/h20-22,26H,1-18H2,(H2,24,25,28)/t20-,21-,22-/m0/s1. The third kappa shape index (κ3) is 13.2. The van der Waals surface area contributed by atoms with Crippen molar-refractivity contribution in [3.8, 4) is 0 Å². The lowest BCUT2D eigenvalue weighted by molar-refractivity contribution is -0.119. The number of urea groups is 1. The Morgan fingerprint density at radius 3 is 1.97 bits per heavy atom. The minimum atomic E-state index is -0.0473. The van der Waals surface area contributed by atoms with Crippen LogP contribution >= 0.6 is 11.8 Å². The summed E-state index contributed by atoms with van der Waals surface area (Å²) in [6.45, 7) is 4.93. The SMILES string of the molecule is O=C(CCCC[C@@H]1SC[C@@H]2NC(=O)N[C@@H]21)CCCOCCOCCOCCOCCOCCO. The second kappa shape index (κ2) is 19.3. The molecule has 0 bridgehead atoms. The molecule has 11 heteroatoms. The fourth-order valence-electron chi connectivity index (χ4n) is 3.85. The minimum absolute atomic E-state index is 0.0257. The summed E-state index contributed by atoms with van der Waals surface area (Å²) in [5.74, 6) is 1.28. The van der Waals surface area contributed by atoms with Crippen molar-refractivity contribution < 1.29 is 38.4 Å². The lowest BCUT2D eigenvalue weighted by Gasteiger charge is -2.16. The average Bonchev–Trinajstić information content (AvgIpc) is 3.38. The number of fused-ring (bicyclic) bond motifs is 1. The number of nitrogens with one attached hydrogen (secondary N) is 2. The first-order chi connectivity index (χ1) is 16.7. The predicted molar refractivity (Wildman–Crippen MR) is 129 cm³/mol. The molecule has 2 rings (SSSR count). The van der Waals surface area contributed by atoms with Gasteiger partial charge in [0.15, 0.2) is 0 Å². The zero-order valence-corrected chi connectivity index (χ0v) is 21.0. The van der Waals surface area contributed by atoms with Crippen LogP contribution in [0.3, 0.4) is 0 Å². The number of ether oxygens (including phenoxy) is 5. The van der Waals surface area contributed by atoms with Gasteiger partial charge in [-0.3, -0.25) is 4.79 Å². The highest BCUT2D eigenvalue weighted by molar-refractivity contribution is 8.00. The van der Waals surface area contributed by atoms with Gasteiger partial charge < -0.3 is 39.4 Å². The molecule has 0 spiro atoms. The fourth-order valence-corrected chi connectivity index (χ4v) is 5.40. The van der Waals surface area contributed by atoms with Crippen LogP contribution in [0.4, 0.5) is 4.79 Å². The van der Waals surface area contributed by atoms with E-state index in [9.17, 15) is 9.59 Å². The molecule has 2 fully saturated rings. The van der Waals surface area contributed by atoms with Gasteiger partial charge in [0.2, 0.25) is 0 Å². The molecule has 2 aliphatic heterocycles. The normalized spacial score (nSPS) is 21.4. The quantitative estimate of drug-likeness (QED) is 0.138. The molecule has 198 valence electrons. The molecule has 2 saturated heterocycles. The van der Waals surface area contributed by atoms with Crippen LogP contribution in [-0.2, 0) is 28.5 Å². The summed E-state index contributed by atoms with van der Waals surface area (Å²) in [4.78, 5) is 23.4. The first-order valence-corrected chi connectivity index (χ1v) is 13.5. The van der Waals surface area contributed by atoms with E-state index in [0.29, 0.717) is 89.9 Å². The van der Waals surface area contributed by atoms with Gasteiger partial charge >= 0.3 is 6.03 Å². The molecule has 0 aromatic heterocycles. The van der Waals surface area contributed by atoms with Gasteiger partial charge in [-0.05, 0) is 19.3 Å². The van der Waals surface area contributed by atoms with Crippen LogP contribution < -0.4 is 10.6 Å². The summed E-state index contributed by atoms with van der Waals surface area (Å²) in [6.07, 6.45) is 4.91. The van der Waals surface area contributed by atoms with E-state index < -0.39 is 0 Å². The number of hydrogen-bond acceptors (Lipinski definition) is 9. The summed E-state index contributed by atoms with van der Waals surface area (Å²) >= 11 is 1.92. The molecule has 34 heavy (non-hydrogen) atoms. The van der Waals surface area contributed by atoms with Gasteiger partial charge in [0, 0.05) is 30.5 Å². The monoisotopic (exact) mass is 506 g/mol. The van der Waals surface area contributed by atoms with Crippen LogP contribution in [0.25, 0.3) is 0 Å². The summed E-state index contributed by atoms with van der Waals surface area (Å²) in [7, 11) is 0. The van der Waals surface area contributed by atoms with Crippen molar-refractivity contribution in [2.24, 2.45) is 0 Å². The van der Waals surface area contributed by atoms with Gasteiger partial charge in [-0.2, -0.15) is 11.8 Å². The zero-order chi connectivity index (χ0) is 24.3. The molecule has 10 nitrogen and oxygen atoms in total. The van der Waals surface area contributed by atoms with Crippen molar-refractivity contribution in [3.63, 3.8) is 0 Å². The number of unbranched alkanes of at least 4 members (excludes halogenated alkanes) is 1. The molecular weight excluding hydrogens is 464 g/mol. The van der Waals surface area contributed by atoms with Crippen molar-refractivity contribution in [1.29, 1.82) is 0 Å². The molecule has 2 amide bonds. The summed E-state index contributed by atoms with van der Waals surface area (Å²) < 4.78 is 26.7. The Morgan fingerprint density at radius 2 is 1.35 bits per heavy atom. The van der Waals surface area contributed by atoms with Crippen LogP contribution in [0, 0.1) is 0 Å². The van der Waals surface area contributed by atoms with Gasteiger partial charge in [0.1, 0.15) is 5.78 Å². The number of Topliss-reactive ketones (excluding diaryl/α,β-unsaturated/α-hetero) is 1. The Kier molecular flexibility index (Phi) is 16.6. The maximum absolute atomic E-state index is 12.0. The highest BCUT2D eigenvalue weighted by Crippen LogP contribution is 2.33. The number of hydrogen-bond donors (Lipinski definition) is 3. The van der Waals surface area contributed by atoms with Crippen molar-refractivity contribution in [1.82, 2.24) is 10.6 Å². The Balaban J connectivity index is 1.26. The number of aliphatic hydroxyl groups excluding tert-OH is 1. The number of aliphatic hydroxyl groups is 1. The number of rotatable bonds is 23. The van der Waals surface area contributed by atoms with Crippen LogP contribution in [0.1, 0.15) is 38.5 Å². The zero-order valence-electron chi connectivity index (χ0n) is 20.2. The number of amides is 2. The van der Waals surface area contributed by atoms with E-state index >= 15 is 0 Å². The molecule has 0 radical (unpaired) electrons. The highest BCUT2D eigenvalue weighted by Gasteiger charge is 2.42. The van der Waals surface area contributed by atoms with Crippen molar-refractivity contribution in [2.75, 3.05) is 78.4 Å². The first-order valence-electron chi connectivity index (χ1n) is 12.4. The van der Waals surface area contributed by atoms with E-state index in [1.165, 1.54) is 0 Å². The number of carbonyl (C=O) groups is 2. The summed E-state index contributed by atoms with van der Waals surface area (Å²) in [5.41, 5.74) is 0. The number of ketones is 1. The van der Waals surface area contributed by atoms with Crippen molar-refractivity contribution in [3.05, 3.63) is 0 Å². The fraction of sp³-hybridized carbons (Fsp3) is 0.913. The van der Waals surface area contributed by atoms with Gasteiger partial charge in [0.25, 0.3) is 0 Å². The predicted octanol–water partition coefficient (Wildman–Crippen LogP) is 1.14. The Bertz CT molecular complexity index is 557. The van der Waals surface area contributed by atoms with Crippen molar-refractivity contribution >= 4 is 23.6 Å². The lowest BCUT2D eigenvalue weighted by atomic mass is 10.0. The van der Waals surface area contributed by atoms with Gasteiger partial charge in [-0.25, -0.2) is 4.79 Å². The van der Waals surface area contributed by atoms with E-state index in [4.69, 9.17) is 28.8 Å². The topological polar surface area (TPSA) is 125 Å². The molecular formula is C23H42N2O8S. The Morgan fingerprint density at radius 1 is 0.794 bits per heavy atom. The molecule has 3 N–H and O–H groups in total. The second-order valence-electron chi connectivity index (χ2n) is 8.30. The maximum Gasteiger partial charge on any atom is 0.315 e. The van der Waals surface area contributed by atoms with Crippen LogP contribution in [-0.4, -0.2) is 113 Å². The largest absolute Gasteiger partial charge is 0.394 e. The second-order valence-corrected chi connectivity index (χ2v) is 9.57. The molecule has 3 atom stereocenters. The van der Waals surface area contributed by atoms with Gasteiger partial charge in [0.05, 0.1) is 78.2 Å². The third-order valence-corrected chi connectivity index (χ3v) is 7.11. The van der Waals surface area contributed by atoms with Gasteiger partial charge in [-0.15, -0.1) is 0 Å². The lowest BCUT2D eigenvalue weighted by Crippen LogP contribution is -2.36. The van der Waals surface area contributed by atoms with E-state index in [-0.39, 0.29) is 24.7 Å². The summed E-state index contributed by atoms with van der Waals surface area (Å²) in [6, 6.07) is 0.466. The smallest absolute Gasteiger partial charge is 0.315 e. The number of thioether (sulfide) groups is 1.